The minimum Gasteiger partial charge on any atom is -0.269 e. The van der Waals surface area contributed by atoms with E-state index in [0.29, 0.717) is 17.2 Å². The molecule has 3 rings (SSSR count). The molecule has 1 aromatic carbocycles. The summed E-state index contributed by atoms with van der Waals surface area (Å²) < 4.78 is 1.97. The third-order valence-corrected chi connectivity index (χ3v) is 4.20. The average molecular weight is 296 g/mol. The monoisotopic (exact) mass is 296 g/mol. The van der Waals surface area contributed by atoms with Crippen molar-refractivity contribution >= 4 is 5.69 Å². The molecule has 0 bridgehead atoms. The first-order valence-electron chi connectivity index (χ1n) is 7.42. The Morgan fingerprint density at radius 3 is 2.77 bits per heavy atom. The van der Waals surface area contributed by atoms with Crippen molar-refractivity contribution in [2.24, 2.45) is 0 Å². The van der Waals surface area contributed by atoms with E-state index < -0.39 is 4.92 Å². The number of aromatic nitrogens is 2. The van der Waals surface area contributed by atoms with Crippen molar-refractivity contribution in [2.75, 3.05) is 0 Å². The van der Waals surface area contributed by atoms with Gasteiger partial charge in [0.05, 0.1) is 22.7 Å². The van der Waals surface area contributed by atoms with Gasteiger partial charge in [0, 0.05) is 29.5 Å². The van der Waals surface area contributed by atoms with Crippen molar-refractivity contribution in [3.8, 4) is 17.2 Å². The molecule has 2 aromatic rings. The van der Waals surface area contributed by atoms with Crippen LogP contribution in [0.4, 0.5) is 5.69 Å². The lowest BCUT2D eigenvalue weighted by Gasteiger charge is -2.21. The minimum absolute atomic E-state index is 0.0695. The quantitative estimate of drug-likeness (QED) is 0.636. The van der Waals surface area contributed by atoms with Crippen LogP contribution in [0.25, 0.3) is 11.1 Å². The molecule has 0 spiro atoms. The molecule has 0 amide bonds. The van der Waals surface area contributed by atoms with Crippen molar-refractivity contribution in [2.45, 2.75) is 38.1 Å². The van der Waals surface area contributed by atoms with Crippen LogP contribution in [-0.2, 0) is 0 Å². The Hall–Kier alpha value is -2.68. The van der Waals surface area contributed by atoms with E-state index in [9.17, 15) is 15.4 Å². The maximum Gasteiger partial charge on any atom is 0.270 e. The van der Waals surface area contributed by atoms with Gasteiger partial charge in [-0.25, -0.2) is 0 Å². The van der Waals surface area contributed by atoms with Crippen molar-refractivity contribution in [3.05, 3.63) is 46.3 Å². The highest BCUT2D eigenvalue weighted by atomic mass is 16.6. The van der Waals surface area contributed by atoms with Crippen molar-refractivity contribution < 1.29 is 4.92 Å². The highest BCUT2D eigenvalue weighted by Gasteiger charge is 2.18. The van der Waals surface area contributed by atoms with Gasteiger partial charge in [0.15, 0.2) is 0 Å². The van der Waals surface area contributed by atoms with Crippen LogP contribution in [0.2, 0.25) is 0 Å². The fourth-order valence-electron chi connectivity index (χ4n) is 3.01. The van der Waals surface area contributed by atoms with E-state index >= 15 is 0 Å². The maximum atomic E-state index is 10.8. The Bertz CT molecular complexity index is 739. The number of hydrogen-bond donors (Lipinski definition) is 0. The van der Waals surface area contributed by atoms with E-state index in [0.717, 1.165) is 18.4 Å². The number of benzene rings is 1. The van der Waals surface area contributed by atoms with Gasteiger partial charge in [0.2, 0.25) is 0 Å². The fourth-order valence-corrected chi connectivity index (χ4v) is 3.01. The van der Waals surface area contributed by atoms with Gasteiger partial charge in [-0.05, 0) is 18.9 Å². The van der Waals surface area contributed by atoms with Gasteiger partial charge in [-0.2, -0.15) is 10.4 Å². The number of nitriles is 1. The first-order chi connectivity index (χ1) is 10.7. The van der Waals surface area contributed by atoms with Gasteiger partial charge in [-0.3, -0.25) is 14.8 Å². The standard InChI is InChI=1S/C16H16N4O2/c17-9-12-8-15(20(21)22)6-7-16(12)13-10-18-19(11-13)14-4-2-1-3-5-14/h6-8,10-11,14H,1-5H2. The van der Waals surface area contributed by atoms with Crippen LogP contribution in [0.1, 0.15) is 43.7 Å². The molecule has 0 N–H and O–H groups in total. The zero-order valence-corrected chi connectivity index (χ0v) is 12.1. The number of nitro benzene ring substituents is 1. The smallest absolute Gasteiger partial charge is 0.269 e. The summed E-state index contributed by atoms with van der Waals surface area (Å²) in [5, 5.41) is 24.5. The van der Waals surface area contributed by atoms with E-state index in [-0.39, 0.29) is 5.69 Å². The molecule has 6 nitrogen and oxygen atoms in total. The summed E-state index contributed by atoms with van der Waals surface area (Å²) in [6, 6.07) is 6.82. The van der Waals surface area contributed by atoms with Gasteiger partial charge in [-0.1, -0.05) is 19.3 Å². The predicted molar refractivity (Wildman–Crippen MR) is 81.2 cm³/mol. The molecule has 1 aliphatic carbocycles. The minimum atomic E-state index is -0.490. The van der Waals surface area contributed by atoms with Crippen LogP contribution in [0, 0.1) is 21.4 Å². The van der Waals surface area contributed by atoms with Crippen molar-refractivity contribution in [1.29, 1.82) is 5.26 Å². The highest BCUT2D eigenvalue weighted by molar-refractivity contribution is 5.71. The Morgan fingerprint density at radius 1 is 1.32 bits per heavy atom. The van der Waals surface area contributed by atoms with Crippen LogP contribution in [0.15, 0.2) is 30.6 Å². The third kappa shape index (κ3) is 2.70. The van der Waals surface area contributed by atoms with Crippen molar-refractivity contribution in [3.63, 3.8) is 0 Å². The third-order valence-electron chi connectivity index (χ3n) is 4.20. The number of non-ortho nitro benzene ring substituents is 1. The molecule has 0 radical (unpaired) electrons. The van der Waals surface area contributed by atoms with Crippen LogP contribution in [-0.4, -0.2) is 14.7 Å². The van der Waals surface area contributed by atoms with Crippen molar-refractivity contribution in [1.82, 2.24) is 9.78 Å². The molecule has 0 unspecified atom stereocenters. The number of hydrogen-bond acceptors (Lipinski definition) is 4. The largest absolute Gasteiger partial charge is 0.270 e. The van der Waals surface area contributed by atoms with Gasteiger partial charge in [0.25, 0.3) is 5.69 Å². The lowest BCUT2D eigenvalue weighted by Crippen LogP contribution is -2.12. The molecule has 22 heavy (non-hydrogen) atoms. The second kappa shape index (κ2) is 5.98. The molecule has 0 atom stereocenters. The second-order valence-corrected chi connectivity index (χ2v) is 5.60. The predicted octanol–water partition coefficient (Wildman–Crippen LogP) is 3.84. The molecule has 0 saturated heterocycles. The molecule has 0 aliphatic heterocycles. The van der Waals surface area contributed by atoms with Crippen LogP contribution in [0.5, 0.6) is 0 Å². The molecule has 1 saturated carbocycles. The summed E-state index contributed by atoms with van der Waals surface area (Å²) in [5.41, 5.74) is 1.75. The lowest BCUT2D eigenvalue weighted by molar-refractivity contribution is -0.384. The van der Waals surface area contributed by atoms with Gasteiger partial charge >= 0.3 is 0 Å². The molecule has 1 heterocycles. The summed E-state index contributed by atoms with van der Waals surface area (Å²) in [5.74, 6) is 0. The maximum absolute atomic E-state index is 10.8. The summed E-state index contributed by atoms with van der Waals surface area (Å²) in [6.07, 6.45) is 9.67. The molecule has 112 valence electrons. The zero-order chi connectivity index (χ0) is 15.5. The lowest BCUT2D eigenvalue weighted by atomic mass is 9.95. The van der Waals surface area contributed by atoms with Gasteiger partial charge in [0.1, 0.15) is 6.07 Å². The normalized spacial score (nSPS) is 15.4. The summed E-state index contributed by atoms with van der Waals surface area (Å²) in [7, 11) is 0. The first kappa shape index (κ1) is 14.3. The molecule has 1 fully saturated rings. The number of nitrogens with zero attached hydrogens (tertiary/aromatic N) is 4. The zero-order valence-electron chi connectivity index (χ0n) is 12.1. The van der Waals surface area contributed by atoms with Gasteiger partial charge < -0.3 is 0 Å². The highest BCUT2D eigenvalue weighted by Crippen LogP contribution is 2.31. The number of rotatable bonds is 3. The second-order valence-electron chi connectivity index (χ2n) is 5.60. The molecule has 1 aliphatic rings. The van der Waals surface area contributed by atoms with E-state index in [2.05, 4.69) is 5.10 Å². The Morgan fingerprint density at radius 2 is 2.09 bits per heavy atom. The van der Waals surface area contributed by atoms with E-state index in [1.54, 1.807) is 12.3 Å². The summed E-state index contributed by atoms with van der Waals surface area (Å²) >= 11 is 0. The summed E-state index contributed by atoms with van der Waals surface area (Å²) in [4.78, 5) is 10.3. The SMILES string of the molecule is N#Cc1cc([N+](=O)[O-])ccc1-c1cnn(C2CCCCC2)c1. The molecule has 1 aromatic heterocycles. The van der Waals surface area contributed by atoms with E-state index in [1.807, 2.05) is 16.9 Å². The topological polar surface area (TPSA) is 84.8 Å². The van der Waals surface area contributed by atoms with Crippen LogP contribution < -0.4 is 0 Å². The first-order valence-corrected chi connectivity index (χ1v) is 7.42. The van der Waals surface area contributed by atoms with Gasteiger partial charge in [-0.15, -0.1) is 0 Å². The Labute approximate surface area is 128 Å². The molecule has 6 heteroatoms. The average Bonchev–Trinajstić information content (AvgIpc) is 3.04. The van der Waals surface area contributed by atoms with Crippen LogP contribution >= 0.6 is 0 Å². The van der Waals surface area contributed by atoms with E-state index in [4.69, 9.17) is 0 Å². The molecular formula is C16H16N4O2. The Balaban J connectivity index is 1.93. The van der Waals surface area contributed by atoms with E-state index in [1.165, 1.54) is 31.4 Å². The molecular weight excluding hydrogens is 280 g/mol. The summed E-state index contributed by atoms with van der Waals surface area (Å²) in [6.45, 7) is 0. The number of nitro groups is 1. The van der Waals surface area contributed by atoms with Crippen LogP contribution in [0.3, 0.4) is 0 Å². The Kier molecular flexibility index (Phi) is 3.88. The fraction of sp³-hybridized carbons (Fsp3) is 0.375.